The van der Waals surface area contributed by atoms with Crippen LogP contribution in [-0.4, -0.2) is 58.3 Å². The fraction of sp³-hybridized carbons (Fsp3) is 0.846. The van der Waals surface area contributed by atoms with E-state index in [1.807, 2.05) is 0 Å². The van der Waals surface area contributed by atoms with E-state index in [2.05, 4.69) is 0 Å². The third-order valence-electron chi connectivity index (χ3n) is 3.64. The van der Waals surface area contributed by atoms with E-state index in [4.69, 9.17) is 0 Å². The summed E-state index contributed by atoms with van der Waals surface area (Å²) in [6.07, 6.45) is -9.14. The van der Waals surface area contributed by atoms with Gasteiger partial charge in [0.15, 0.2) is 0 Å². The smallest absolute Gasteiger partial charge is 0.385 e. The van der Waals surface area contributed by atoms with Crippen LogP contribution >= 0.6 is 22.6 Å². The van der Waals surface area contributed by atoms with Crippen molar-refractivity contribution in [2.45, 2.75) is 67.1 Å². The van der Waals surface area contributed by atoms with Crippen molar-refractivity contribution >= 4 is 22.6 Å². The topological polar surface area (TPSA) is 20.2 Å². The Morgan fingerprint density at radius 1 is 0.531 bits per heavy atom. The Labute approximate surface area is 179 Å². The zero-order valence-corrected chi connectivity index (χ0v) is 17.0. The minimum absolute atomic E-state index is 0.556. The van der Waals surface area contributed by atoms with Crippen LogP contribution in [0.15, 0.2) is 9.66 Å². The van der Waals surface area contributed by atoms with E-state index in [1.165, 1.54) is 0 Å². The largest absolute Gasteiger partial charge is 0.460 e. The van der Waals surface area contributed by atoms with Crippen molar-refractivity contribution in [2.24, 2.45) is 0 Å². The molecular formula is C13H8F17IO. The van der Waals surface area contributed by atoms with Crippen molar-refractivity contribution in [2.75, 3.05) is 0 Å². The minimum Gasteiger partial charge on any atom is -0.385 e. The molecule has 0 aromatic rings. The van der Waals surface area contributed by atoms with Crippen molar-refractivity contribution in [3.8, 4) is 0 Å². The van der Waals surface area contributed by atoms with Gasteiger partial charge < -0.3 is 5.11 Å². The van der Waals surface area contributed by atoms with E-state index < -0.39 is 62.9 Å². The summed E-state index contributed by atoms with van der Waals surface area (Å²) in [5, 5.41) is 9.28. The molecule has 0 atom stereocenters. The molecule has 0 heterocycles. The second-order valence-corrected chi connectivity index (χ2v) is 7.78. The van der Waals surface area contributed by atoms with E-state index in [9.17, 15) is 79.7 Å². The second kappa shape index (κ2) is 7.89. The lowest BCUT2D eigenvalue weighted by molar-refractivity contribution is -0.459. The van der Waals surface area contributed by atoms with Crippen molar-refractivity contribution in [1.29, 1.82) is 0 Å². The van der Waals surface area contributed by atoms with Gasteiger partial charge in [-0.05, 0) is 36.4 Å². The number of rotatable bonds is 8. The number of hydrogen-bond donors (Lipinski definition) is 1. The molecule has 0 radical (unpaired) electrons. The second-order valence-electron chi connectivity index (χ2n) is 6.62. The van der Waals surface area contributed by atoms with Crippen LogP contribution in [0.3, 0.4) is 0 Å². The first kappa shape index (κ1) is 31.2. The highest BCUT2D eigenvalue weighted by Crippen LogP contribution is 2.64. The molecule has 0 fully saturated rings. The lowest BCUT2D eigenvalue weighted by atomic mass is 9.88. The van der Waals surface area contributed by atoms with E-state index in [-0.39, 0.29) is 0 Å². The van der Waals surface area contributed by atoms with Crippen molar-refractivity contribution in [1.82, 2.24) is 0 Å². The first-order chi connectivity index (χ1) is 13.4. The molecule has 0 spiro atoms. The molecule has 0 aliphatic rings. The van der Waals surface area contributed by atoms with Gasteiger partial charge in [-0.25, -0.2) is 0 Å². The molecule has 0 saturated carbocycles. The van der Waals surface area contributed by atoms with Gasteiger partial charge in [0.25, 0.3) is 0 Å². The molecule has 0 saturated heterocycles. The molecule has 0 unspecified atom stereocenters. The van der Waals surface area contributed by atoms with Gasteiger partial charge >= 0.3 is 47.6 Å². The molecule has 0 aliphatic heterocycles. The summed E-state index contributed by atoms with van der Waals surface area (Å²) in [6, 6.07) is 0. The molecular weight excluding hydrogens is 622 g/mol. The molecule has 32 heavy (non-hydrogen) atoms. The van der Waals surface area contributed by atoms with Crippen LogP contribution in [0.2, 0.25) is 0 Å². The molecule has 1 nitrogen and oxygen atoms in total. The van der Waals surface area contributed by atoms with Gasteiger partial charge in [0.2, 0.25) is 0 Å². The first-order valence-corrected chi connectivity index (χ1v) is 8.28. The Morgan fingerprint density at radius 2 is 0.781 bits per heavy atom. The number of hydrogen-bond acceptors (Lipinski definition) is 1. The van der Waals surface area contributed by atoms with Crippen LogP contribution in [-0.2, 0) is 0 Å². The molecule has 0 aromatic heterocycles. The van der Waals surface area contributed by atoms with Gasteiger partial charge in [0.1, 0.15) is 0 Å². The molecule has 0 aromatic carbocycles. The predicted molar refractivity (Wildman–Crippen MR) is 79.1 cm³/mol. The maximum absolute atomic E-state index is 13.6. The molecule has 192 valence electrons. The minimum atomic E-state index is -8.66. The van der Waals surface area contributed by atoms with E-state index >= 15 is 0 Å². The molecule has 0 amide bonds. The Kier molecular flexibility index (Phi) is 7.70. The van der Waals surface area contributed by atoms with Gasteiger partial charge in [-0.15, -0.1) is 0 Å². The van der Waals surface area contributed by atoms with E-state index in [0.29, 0.717) is 36.4 Å². The van der Waals surface area contributed by atoms with Crippen LogP contribution in [0.4, 0.5) is 74.6 Å². The summed E-state index contributed by atoms with van der Waals surface area (Å²) in [5.41, 5.74) is -2.55. The molecule has 19 heteroatoms. The average Bonchev–Trinajstić information content (AvgIpc) is 2.51. The van der Waals surface area contributed by atoms with E-state index in [0.717, 1.165) is 0 Å². The maximum Gasteiger partial charge on any atom is 0.460 e. The zero-order chi connectivity index (χ0) is 26.8. The lowest BCUT2D eigenvalue weighted by Crippen LogP contribution is -2.74. The summed E-state index contributed by atoms with van der Waals surface area (Å²) in [5.74, 6) is -56.8. The lowest BCUT2D eigenvalue weighted by Gasteiger charge is -2.42. The summed E-state index contributed by atoms with van der Waals surface area (Å²) < 4.78 is 221. The van der Waals surface area contributed by atoms with E-state index in [1.54, 1.807) is 0 Å². The van der Waals surface area contributed by atoms with Gasteiger partial charge in [0.05, 0.1) is 5.60 Å². The molecule has 0 bridgehead atoms. The summed E-state index contributed by atoms with van der Waals surface area (Å²) >= 11 is 0.584. The van der Waals surface area contributed by atoms with Crippen LogP contribution in [0.1, 0.15) is 13.8 Å². The van der Waals surface area contributed by atoms with Crippen LogP contribution in [0, 0.1) is 0 Å². The fourth-order valence-electron chi connectivity index (χ4n) is 1.60. The summed E-state index contributed by atoms with van der Waals surface area (Å²) in [7, 11) is 0. The van der Waals surface area contributed by atoms with Gasteiger partial charge in [-0.2, -0.15) is 74.6 Å². The monoisotopic (exact) mass is 630 g/mol. The Bertz CT molecular complexity index is 728. The third kappa shape index (κ3) is 4.35. The fourth-order valence-corrected chi connectivity index (χ4v) is 1.99. The van der Waals surface area contributed by atoms with Crippen LogP contribution in [0.5, 0.6) is 0 Å². The highest BCUT2D eigenvalue weighted by molar-refractivity contribution is 14.1. The number of aliphatic hydroxyl groups is 1. The van der Waals surface area contributed by atoms with Crippen molar-refractivity contribution in [3.05, 3.63) is 9.66 Å². The summed E-state index contributed by atoms with van der Waals surface area (Å²) in [4.78, 5) is 0. The highest BCUT2D eigenvalue weighted by atomic mass is 127. The number of alkyl halides is 17. The zero-order valence-electron chi connectivity index (χ0n) is 14.8. The van der Waals surface area contributed by atoms with Crippen LogP contribution < -0.4 is 0 Å². The standard InChI is InChI=1S/C13H8F17IO/c1-5(2,32)4(31)3-6(14,15)7(16,17)8(18,19)9(20,21)10(22,23)11(24,25)12(26,27)13(28,29)30/h3,32H,1-2H3. The quantitative estimate of drug-likeness (QED) is 0.225. The van der Waals surface area contributed by atoms with Gasteiger partial charge in [0, 0.05) is 9.66 Å². The summed E-state index contributed by atoms with van der Waals surface area (Å²) in [6.45, 7) is 1.11. The maximum atomic E-state index is 13.6. The number of halogens is 18. The molecule has 0 rings (SSSR count). The average molecular weight is 630 g/mol. The Balaban J connectivity index is 6.86. The molecule has 0 aliphatic carbocycles. The highest BCUT2D eigenvalue weighted by Gasteiger charge is 2.95. The van der Waals surface area contributed by atoms with Gasteiger partial charge in [-0.3, -0.25) is 0 Å². The van der Waals surface area contributed by atoms with Gasteiger partial charge in [-0.1, -0.05) is 0 Å². The molecule has 1 N–H and O–H groups in total. The normalized spacial score (nSPS) is 17.1. The van der Waals surface area contributed by atoms with Crippen molar-refractivity contribution in [3.63, 3.8) is 0 Å². The van der Waals surface area contributed by atoms with Crippen LogP contribution in [0.25, 0.3) is 0 Å². The Hall–Kier alpha value is -0.760. The third-order valence-corrected chi connectivity index (χ3v) is 5.27. The first-order valence-electron chi connectivity index (χ1n) is 7.20. The van der Waals surface area contributed by atoms with Crippen molar-refractivity contribution < 1.29 is 79.7 Å². The SMILES string of the molecule is CC(C)(O)C(I)=CC(F)(F)C(F)(F)C(F)(F)C(F)(F)C(F)(F)C(F)(F)C(F)(F)C(F)(F)F. The Morgan fingerprint density at radius 3 is 1.03 bits per heavy atom. The predicted octanol–water partition coefficient (Wildman–Crippen LogP) is 7.09. The number of allylic oxidation sites excluding steroid dienone is 1.